The molecule has 0 aliphatic heterocycles. The van der Waals surface area contributed by atoms with Crippen molar-refractivity contribution in [2.45, 2.75) is 78.6 Å². The van der Waals surface area contributed by atoms with Crippen LogP contribution in [0.2, 0.25) is 0 Å². The van der Waals surface area contributed by atoms with Gasteiger partial charge in [-0.25, -0.2) is 4.79 Å². The number of ether oxygens (including phenoxy) is 1. The molecule has 0 aliphatic rings. The minimum absolute atomic E-state index is 0.199. The molecule has 0 unspecified atom stereocenters. The Labute approximate surface area is 113 Å². The molecule has 0 heterocycles. The zero-order chi connectivity index (χ0) is 13.6. The number of hydrogen-bond donors (Lipinski definition) is 0. The van der Waals surface area contributed by atoms with Gasteiger partial charge in [0, 0.05) is 6.08 Å². The van der Waals surface area contributed by atoms with Gasteiger partial charge in [-0.05, 0) is 20.3 Å². The standard InChI is InChI=1S/C16H30O2/c1-4-5-6-7-8-9-10-11-12-13-18-16(17)14-15(2)3/h14H,4-13H2,1-3H3. The summed E-state index contributed by atoms with van der Waals surface area (Å²) in [5.74, 6) is -0.199. The van der Waals surface area contributed by atoms with Crippen LogP contribution >= 0.6 is 0 Å². The summed E-state index contributed by atoms with van der Waals surface area (Å²) in [4.78, 5) is 11.2. The summed E-state index contributed by atoms with van der Waals surface area (Å²) in [6, 6.07) is 0. The predicted molar refractivity (Wildman–Crippen MR) is 77.6 cm³/mol. The lowest BCUT2D eigenvalue weighted by molar-refractivity contribution is -0.137. The van der Waals surface area contributed by atoms with Gasteiger partial charge in [0.05, 0.1) is 6.61 Å². The zero-order valence-electron chi connectivity index (χ0n) is 12.5. The highest BCUT2D eigenvalue weighted by Crippen LogP contribution is 2.09. The molecule has 0 saturated carbocycles. The van der Waals surface area contributed by atoms with E-state index in [1.54, 1.807) is 6.08 Å². The smallest absolute Gasteiger partial charge is 0.330 e. The molecule has 2 heteroatoms. The van der Waals surface area contributed by atoms with Gasteiger partial charge in [-0.3, -0.25) is 0 Å². The Morgan fingerprint density at radius 2 is 1.39 bits per heavy atom. The molecule has 0 rings (SSSR count). The molecule has 106 valence electrons. The SMILES string of the molecule is CCCCCCCCCCCOC(=O)C=C(C)C. The van der Waals surface area contributed by atoms with E-state index in [0.717, 1.165) is 12.0 Å². The lowest BCUT2D eigenvalue weighted by atomic mass is 10.1. The summed E-state index contributed by atoms with van der Waals surface area (Å²) < 4.78 is 5.10. The fourth-order valence-corrected chi connectivity index (χ4v) is 1.86. The van der Waals surface area contributed by atoms with Crippen LogP contribution in [0.4, 0.5) is 0 Å². The molecule has 0 amide bonds. The van der Waals surface area contributed by atoms with Gasteiger partial charge in [0.15, 0.2) is 0 Å². The molecule has 0 saturated heterocycles. The molecule has 0 N–H and O–H groups in total. The van der Waals surface area contributed by atoms with Gasteiger partial charge in [0.25, 0.3) is 0 Å². The molecular weight excluding hydrogens is 224 g/mol. The van der Waals surface area contributed by atoms with Gasteiger partial charge in [0.1, 0.15) is 0 Å². The number of hydrogen-bond acceptors (Lipinski definition) is 2. The normalized spacial score (nSPS) is 10.2. The Bertz CT molecular complexity index is 227. The minimum Gasteiger partial charge on any atom is -0.463 e. The first kappa shape index (κ1) is 17.2. The molecule has 0 aliphatic carbocycles. The first-order chi connectivity index (χ1) is 8.66. The van der Waals surface area contributed by atoms with Gasteiger partial charge in [-0.15, -0.1) is 0 Å². The molecule has 0 spiro atoms. The Balaban J connectivity index is 3.16. The topological polar surface area (TPSA) is 26.3 Å². The summed E-state index contributed by atoms with van der Waals surface area (Å²) >= 11 is 0. The fraction of sp³-hybridized carbons (Fsp3) is 0.812. The van der Waals surface area contributed by atoms with E-state index in [9.17, 15) is 4.79 Å². The molecule has 0 aromatic carbocycles. The molecule has 18 heavy (non-hydrogen) atoms. The van der Waals surface area contributed by atoms with Crippen LogP contribution in [0.15, 0.2) is 11.6 Å². The van der Waals surface area contributed by atoms with Crippen molar-refractivity contribution in [3.8, 4) is 0 Å². The summed E-state index contributed by atoms with van der Waals surface area (Å²) in [6.45, 7) is 6.62. The van der Waals surface area contributed by atoms with Crippen molar-refractivity contribution in [2.24, 2.45) is 0 Å². The maximum Gasteiger partial charge on any atom is 0.330 e. The molecule has 0 bridgehead atoms. The zero-order valence-corrected chi connectivity index (χ0v) is 12.5. The molecular formula is C16H30O2. The Hall–Kier alpha value is -0.790. The van der Waals surface area contributed by atoms with Crippen LogP contribution in [0.3, 0.4) is 0 Å². The third kappa shape index (κ3) is 13.3. The third-order valence-corrected chi connectivity index (χ3v) is 2.90. The van der Waals surface area contributed by atoms with Crippen LogP contribution in [0, 0.1) is 0 Å². The summed E-state index contributed by atoms with van der Waals surface area (Å²) in [7, 11) is 0. The van der Waals surface area contributed by atoms with E-state index < -0.39 is 0 Å². The molecule has 0 aromatic heterocycles. The number of esters is 1. The van der Waals surface area contributed by atoms with Crippen LogP contribution in [0.1, 0.15) is 78.6 Å². The van der Waals surface area contributed by atoms with Crippen molar-refractivity contribution < 1.29 is 9.53 Å². The maximum atomic E-state index is 11.2. The van der Waals surface area contributed by atoms with Crippen LogP contribution in [-0.4, -0.2) is 12.6 Å². The van der Waals surface area contributed by atoms with Crippen LogP contribution in [-0.2, 0) is 9.53 Å². The molecule has 0 fully saturated rings. The highest BCUT2D eigenvalue weighted by Gasteiger charge is 1.97. The van der Waals surface area contributed by atoms with E-state index in [-0.39, 0.29) is 5.97 Å². The largest absolute Gasteiger partial charge is 0.463 e. The summed E-state index contributed by atoms with van der Waals surface area (Å²) in [5.41, 5.74) is 0.993. The van der Waals surface area contributed by atoms with E-state index in [4.69, 9.17) is 4.74 Å². The molecule has 2 nitrogen and oxygen atoms in total. The average Bonchev–Trinajstić information content (AvgIpc) is 2.30. The maximum absolute atomic E-state index is 11.2. The van der Waals surface area contributed by atoms with E-state index in [1.807, 2.05) is 13.8 Å². The molecule has 0 aromatic rings. The van der Waals surface area contributed by atoms with E-state index in [0.29, 0.717) is 6.61 Å². The summed E-state index contributed by atoms with van der Waals surface area (Å²) in [5, 5.41) is 0. The van der Waals surface area contributed by atoms with Crippen molar-refractivity contribution in [1.29, 1.82) is 0 Å². The Morgan fingerprint density at radius 1 is 0.889 bits per heavy atom. The highest BCUT2D eigenvalue weighted by molar-refractivity contribution is 5.82. The first-order valence-electron chi connectivity index (χ1n) is 7.48. The van der Waals surface area contributed by atoms with Crippen molar-refractivity contribution in [3.05, 3.63) is 11.6 Å². The van der Waals surface area contributed by atoms with Crippen LogP contribution < -0.4 is 0 Å². The Kier molecular flexibility index (Phi) is 12.1. The fourth-order valence-electron chi connectivity index (χ4n) is 1.86. The number of carbonyl (C=O) groups is 1. The van der Waals surface area contributed by atoms with Crippen molar-refractivity contribution >= 4 is 5.97 Å². The second-order valence-corrected chi connectivity index (χ2v) is 5.22. The minimum atomic E-state index is -0.199. The molecule has 0 radical (unpaired) electrons. The third-order valence-electron chi connectivity index (χ3n) is 2.90. The van der Waals surface area contributed by atoms with Crippen molar-refractivity contribution in [3.63, 3.8) is 0 Å². The number of carbonyl (C=O) groups excluding carboxylic acids is 1. The highest BCUT2D eigenvalue weighted by atomic mass is 16.5. The van der Waals surface area contributed by atoms with Gasteiger partial charge in [0.2, 0.25) is 0 Å². The van der Waals surface area contributed by atoms with Crippen molar-refractivity contribution in [2.75, 3.05) is 6.61 Å². The summed E-state index contributed by atoms with van der Waals surface area (Å²) in [6.07, 6.45) is 13.1. The van der Waals surface area contributed by atoms with Gasteiger partial charge >= 0.3 is 5.97 Å². The van der Waals surface area contributed by atoms with E-state index >= 15 is 0 Å². The van der Waals surface area contributed by atoms with Gasteiger partial charge in [-0.2, -0.15) is 0 Å². The van der Waals surface area contributed by atoms with Crippen LogP contribution in [0.25, 0.3) is 0 Å². The molecule has 0 atom stereocenters. The predicted octanol–water partition coefficient (Wildman–Crippen LogP) is 5.03. The van der Waals surface area contributed by atoms with Gasteiger partial charge < -0.3 is 4.74 Å². The lowest BCUT2D eigenvalue weighted by Gasteiger charge is -2.03. The number of rotatable bonds is 11. The van der Waals surface area contributed by atoms with Crippen molar-refractivity contribution in [1.82, 2.24) is 0 Å². The average molecular weight is 254 g/mol. The second-order valence-electron chi connectivity index (χ2n) is 5.22. The van der Waals surface area contributed by atoms with E-state index in [2.05, 4.69) is 6.92 Å². The lowest BCUT2D eigenvalue weighted by Crippen LogP contribution is -2.02. The number of unbranched alkanes of at least 4 members (excludes halogenated alkanes) is 8. The quantitative estimate of drug-likeness (QED) is 0.294. The second kappa shape index (κ2) is 12.7. The monoisotopic (exact) mass is 254 g/mol. The Morgan fingerprint density at radius 3 is 1.89 bits per heavy atom. The first-order valence-corrected chi connectivity index (χ1v) is 7.48. The van der Waals surface area contributed by atoms with Crippen LogP contribution in [0.5, 0.6) is 0 Å². The van der Waals surface area contributed by atoms with Gasteiger partial charge in [-0.1, -0.05) is 63.9 Å². The van der Waals surface area contributed by atoms with E-state index in [1.165, 1.54) is 51.4 Å². The number of allylic oxidation sites excluding steroid dienone is 1.